The number of nitrogens with one attached hydrogen (secondary N) is 1. The Hall–Kier alpha value is -1.84. The average Bonchev–Trinajstić information content (AvgIpc) is 2.26. The summed E-state index contributed by atoms with van der Waals surface area (Å²) in [6, 6.07) is 7.50. The number of hydrogen-bond acceptors (Lipinski definition) is 3. The van der Waals surface area contributed by atoms with Gasteiger partial charge in [0.1, 0.15) is 5.75 Å². The van der Waals surface area contributed by atoms with Gasteiger partial charge in [0.05, 0.1) is 12.8 Å². The molecule has 0 aliphatic heterocycles. The largest absolute Gasteiger partial charge is 0.497 e. The topological polar surface area (TPSA) is 50.7 Å². The second-order valence-electron chi connectivity index (χ2n) is 3.10. The fraction of sp³-hybridized carbons (Fsp3) is 0.273. The molecule has 4 nitrogen and oxygen atoms in total. The van der Waals surface area contributed by atoms with Crippen LogP contribution in [0.4, 0.5) is 0 Å². The maximum atomic E-state index is 10.7. The number of carbonyl (C=O) groups is 1. The summed E-state index contributed by atoms with van der Waals surface area (Å²) in [7, 11) is 1.61. The summed E-state index contributed by atoms with van der Waals surface area (Å²) >= 11 is 0. The van der Waals surface area contributed by atoms with Gasteiger partial charge in [0.15, 0.2) is 0 Å². The summed E-state index contributed by atoms with van der Waals surface area (Å²) in [6.07, 6.45) is 0. The predicted octanol–water partition coefficient (Wildman–Crippen LogP) is 1.56. The molecule has 0 aromatic heterocycles. The average molecular weight is 206 g/mol. The van der Waals surface area contributed by atoms with Crippen LogP contribution in [0.2, 0.25) is 0 Å². The molecule has 0 saturated carbocycles. The Morgan fingerprint density at radius 3 is 2.73 bits per heavy atom. The van der Waals surface area contributed by atoms with E-state index in [1.807, 2.05) is 31.2 Å². The molecule has 0 heterocycles. The van der Waals surface area contributed by atoms with Gasteiger partial charge in [-0.3, -0.25) is 4.79 Å². The van der Waals surface area contributed by atoms with E-state index in [1.54, 1.807) is 7.11 Å². The van der Waals surface area contributed by atoms with Crippen LogP contribution in [0.5, 0.6) is 5.75 Å². The quantitative estimate of drug-likeness (QED) is 0.602. The van der Waals surface area contributed by atoms with Gasteiger partial charge in [0, 0.05) is 12.5 Å². The summed E-state index contributed by atoms with van der Waals surface area (Å²) in [5.74, 6) is 0.585. The van der Waals surface area contributed by atoms with E-state index < -0.39 is 0 Å². The number of rotatable bonds is 3. The molecule has 80 valence electrons. The van der Waals surface area contributed by atoms with Gasteiger partial charge in [0.25, 0.3) is 0 Å². The van der Waals surface area contributed by atoms with Crippen LogP contribution in [0.1, 0.15) is 19.4 Å². The van der Waals surface area contributed by atoms with Crippen molar-refractivity contribution in [3.05, 3.63) is 29.8 Å². The van der Waals surface area contributed by atoms with Crippen molar-refractivity contribution in [3.63, 3.8) is 0 Å². The summed E-state index contributed by atoms with van der Waals surface area (Å²) < 4.78 is 5.09. The zero-order valence-corrected chi connectivity index (χ0v) is 9.07. The highest BCUT2D eigenvalue weighted by molar-refractivity contribution is 5.99. The van der Waals surface area contributed by atoms with Crippen LogP contribution < -0.4 is 10.2 Å². The van der Waals surface area contributed by atoms with E-state index in [9.17, 15) is 4.79 Å². The molecule has 0 saturated heterocycles. The first-order valence-corrected chi connectivity index (χ1v) is 4.59. The molecule has 0 radical (unpaired) electrons. The predicted molar refractivity (Wildman–Crippen MR) is 59.0 cm³/mol. The van der Waals surface area contributed by atoms with Crippen LogP contribution in [0.3, 0.4) is 0 Å². The van der Waals surface area contributed by atoms with Crippen molar-refractivity contribution in [2.24, 2.45) is 5.10 Å². The van der Waals surface area contributed by atoms with Crippen LogP contribution >= 0.6 is 0 Å². The highest BCUT2D eigenvalue weighted by atomic mass is 16.5. The lowest BCUT2D eigenvalue weighted by atomic mass is 10.1. The Morgan fingerprint density at radius 2 is 2.13 bits per heavy atom. The molecule has 15 heavy (non-hydrogen) atoms. The number of hydrogen-bond donors (Lipinski definition) is 1. The molecule has 0 atom stereocenters. The molecular weight excluding hydrogens is 192 g/mol. The van der Waals surface area contributed by atoms with Gasteiger partial charge in [-0.05, 0) is 19.1 Å². The van der Waals surface area contributed by atoms with Gasteiger partial charge in [-0.25, -0.2) is 5.43 Å². The van der Waals surface area contributed by atoms with Crippen molar-refractivity contribution in [2.45, 2.75) is 13.8 Å². The van der Waals surface area contributed by atoms with Gasteiger partial charge in [-0.2, -0.15) is 5.10 Å². The number of benzene rings is 1. The zero-order valence-electron chi connectivity index (χ0n) is 9.07. The van der Waals surface area contributed by atoms with Gasteiger partial charge in [-0.1, -0.05) is 12.1 Å². The maximum absolute atomic E-state index is 10.7. The van der Waals surface area contributed by atoms with E-state index in [1.165, 1.54) is 6.92 Å². The minimum Gasteiger partial charge on any atom is -0.497 e. The fourth-order valence-electron chi connectivity index (χ4n) is 1.08. The van der Waals surface area contributed by atoms with Crippen LogP contribution in [0, 0.1) is 0 Å². The third kappa shape index (κ3) is 3.42. The van der Waals surface area contributed by atoms with Crippen molar-refractivity contribution in [1.29, 1.82) is 0 Å². The van der Waals surface area contributed by atoms with E-state index >= 15 is 0 Å². The summed E-state index contributed by atoms with van der Waals surface area (Å²) in [4.78, 5) is 10.7. The number of amides is 1. The van der Waals surface area contributed by atoms with Gasteiger partial charge in [-0.15, -0.1) is 0 Å². The molecule has 0 aliphatic carbocycles. The van der Waals surface area contributed by atoms with Crippen molar-refractivity contribution in [3.8, 4) is 5.75 Å². The summed E-state index contributed by atoms with van der Waals surface area (Å²) in [5, 5.41) is 3.93. The first-order chi connectivity index (χ1) is 7.13. The van der Waals surface area contributed by atoms with E-state index in [-0.39, 0.29) is 5.91 Å². The van der Waals surface area contributed by atoms with Crippen molar-refractivity contribution < 1.29 is 9.53 Å². The minimum absolute atomic E-state index is 0.183. The van der Waals surface area contributed by atoms with Crippen LogP contribution in [-0.4, -0.2) is 18.7 Å². The molecule has 1 rings (SSSR count). The first kappa shape index (κ1) is 11.2. The highest BCUT2D eigenvalue weighted by Crippen LogP contribution is 2.12. The Labute approximate surface area is 88.9 Å². The Kier molecular flexibility index (Phi) is 3.85. The Balaban J connectivity index is 2.85. The van der Waals surface area contributed by atoms with Gasteiger partial charge < -0.3 is 4.74 Å². The maximum Gasteiger partial charge on any atom is 0.236 e. The smallest absolute Gasteiger partial charge is 0.236 e. The normalized spacial score (nSPS) is 11.0. The SMILES string of the molecule is COc1cccc(/C(C)=N\NC(C)=O)c1. The van der Waals surface area contributed by atoms with Crippen molar-refractivity contribution in [2.75, 3.05) is 7.11 Å². The van der Waals surface area contributed by atoms with Crippen molar-refractivity contribution in [1.82, 2.24) is 5.43 Å². The third-order valence-electron chi connectivity index (χ3n) is 1.87. The summed E-state index contributed by atoms with van der Waals surface area (Å²) in [6.45, 7) is 3.24. The fourth-order valence-corrected chi connectivity index (χ4v) is 1.08. The first-order valence-electron chi connectivity index (χ1n) is 4.59. The molecule has 1 aromatic carbocycles. The second kappa shape index (κ2) is 5.14. The molecule has 0 unspecified atom stereocenters. The van der Waals surface area contributed by atoms with Crippen LogP contribution in [-0.2, 0) is 4.79 Å². The summed E-state index contributed by atoms with van der Waals surface area (Å²) in [5.41, 5.74) is 4.05. The van der Waals surface area contributed by atoms with E-state index in [2.05, 4.69) is 10.5 Å². The van der Waals surface area contributed by atoms with E-state index in [0.717, 1.165) is 17.0 Å². The number of methoxy groups -OCH3 is 1. The standard InChI is InChI=1S/C11H14N2O2/c1-8(12-13-9(2)14)10-5-4-6-11(7-10)15-3/h4-7H,1-3H3,(H,13,14)/b12-8-. The second-order valence-corrected chi connectivity index (χ2v) is 3.10. The molecule has 0 bridgehead atoms. The van der Waals surface area contributed by atoms with E-state index in [0.29, 0.717) is 0 Å². The molecule has 0 spiro atoms. The lowest BCUT2D eigenvalue weighted by Crippen LogP contribution is -2.14. The molecule has 1 N–H and O–H groups in total. The molecule has 1 amide bonds. The lowest BCUT2D eigenvalue weighted by molar-refractivity contribution is -0.118. The molecule has 1 aromatic rings. The Bertz CT molecular complexity index is 386. The molecular formula is C11H14N2O2. The molecule has 4 heteroatoms. The van der Waals surface area contributed by atoms with Crippen LogP contribution in [0.15, 0.2) is 29.4 Å². The number of ether oxygens (including phenoxy) is 1. The Morgan fingerprint density at radius 1 is 1.40 bits per heavy atom. The molecule has 0 aliphatic rings. The third-order valence-corrected chi connectivity index (χ3v) is 1.87. The highest BCUT2D eigenvalue weighted by Gasteiger charge is 1.99. The van der Waals surface area contributed by atoms with E-state index in [4.69, 9.17) is 4.74 Å². The molecule has 0 fully saturated rings. The van der Waals surface area contributed by atoms with Crippen LogP contribution in [0.25, 0.3) is 0 Å². The number of carbonyl (C=O) groups excluding carboxylic acids is 1. The minimum atomic E-state index is -0.183. The number of nitrogens with zero attached hydrogens (tertiary/aromatic N) is 1. The zero-order chi connectivity index (χ0) is 11.3. The van der Waals surface area contributed by atoms with Gasteiger partial charge >= 0.3 is 0 Å². The number of hydrazone groups is 1. The van der Waals surface area contributed by atoms with Gasteiger partial charge in [0.2, 0.25) is 5.91 Å². The lowest BCUT2D eigenvalue weighted by Gasteiger charge is -2.03. The monoisotopic (exact) mass is 206 g/mol. The van der Waals surface area contributed by atoms with Crippen molar-refractivity contribution >= 4 is 11.6 Å².